The molecule has 8 heteroatoms. The molecular formula is C17H21N5O3. The van der Waals surface area contributed by atoms with Crippen LogP contribution < -0.4 is 10.0 Å². The van der Waals surface area contributed by atoms with Crippen LogP contribution in [-0.2, 0) is 11.2 Å². The fraction of sp³-hybridized carbons (Fsp3) is 0.529. The zero-order chi connectivity index (χ0) is 17.8. The second-order valence-electron chi connectivity index (χ2n) is 7.63. The van der Waals surface area contributed by atoms with Crippen LogP contribution in [0.5, 0.6) is 0 Å². The molecule has 2 aromatic heterocycles. The highest BCUT2D eigenvalue weighted by molar-refractivity contribution is 5.94. The number of carbonyl (C=O) groups is 1. The number of rotatable bonds is 2. The Bertz CT molecular complexity index is 839. The Kier molecular flexibility index (Phi) is 3.54. The summed E-state index contributed by atoms with van der Waals surface area (Å²) in [6.07, 6.45) is 6.60. The minimum atomic E-state index is -0.360. The number of carbonyl (C=O) groups excluding carboxylic acids is 1. The van der Waals surface area contributed by atoms with Crippen LogP contribution in [0.15, 0.2) is 18.6 Å². The normalized spacial score (nSPS) is 21.9. The van der Waals surface area contributed by atoms with Gasteiger partial charge in [-0.1, -0.05) is 0 Å². The van der Waals surface area contributed by atoms with E-state index in [9.17, 15) is 10.0 Å². The number of hydrogen-bond acceptors (Lipinski definition) is 5. The average molecular weight is 343 g/mol. The summed E-state index contributed by atoms with van der Waals surface area (Å²) in [6.45, 7) is 5.79. The van der Waals surface area contributed by atoms with Gasteiger partial charge in [-0.05, 0) is 33.6 Å². The minimum absolute atomic E-state index is 0.112. The minimum Gasteiger partial charge on any atom is -0.619 e. The van der Waals surface area contributed by atoms with Crippen molar-refractivity contribution in [3.63, 3.8) is 0 Å². The molecule has 2 unspecified atom stereocenters. The SMILES string of the molecule is CC(C)(C)NC(=O)c1nn(-c2c[n+]([O-])ccn2)c2c1CC1CCC2O1. The summed E-state index contributed by atoms with van der Waals surface area (Å²) in [6, 6.07) is 0. The summed E-state index contributed by atoms with van der Waals surface area (Å²) < 4.78 is 8.27. The van der Waals surface area contributed by atoms with E-state index in [0.717, 1.165) is 24.1 Å². The van der Waals surface area contributed by atoms with E-state index in [2.05, 4.69) is 15.4 Å². The highest BCUT2D eigenvalue weighted by Gasteiger charge is 2.41. The topological polar surface area (TPSA) is 96.0 Å². The van der Waals surface area contributed by atoms with Crippen LogP contribution in [-0.4, -0.2) is 32.3 Å². The van der Waals surface area contributed by atoms with Crippen LogP contribution >= 0.6 is 0 Å². The lowest BCUT2D eigenvalue weighted by molar-refractivity contribution is -0.605. The van der Waals surface area contributed by atoms with Gasteiger partial charge in [0.05, 0.1) is 18.0 Å². The van der Waals surface area contributed by atoms with E-state index in [1.165, 1.54) is 18.6 Å². The van der Waals surface area contributed by atoms with E-state index in [1.807, 2.05) is 20.8 Å². The predicted molar refractivity (Wildman–Crippen MR) is 88.1 cm³/mol. The predicted octanol–water partition coefficient (Wildman–Crippen LogP) is 1.21. The summed E-state index contributed by atoms with van der Waals surface area (Å²) >= 11 is 0. The van der Waals surface area contributed by atoms with Gasteiger partial charge < -0.3 is 15.3 Å². The van der Waals surface area contributed by atoms with Crippen molar-refractivity contribution in [1.82, 2.24) is 20.1 Å². The van der Waals surface area contributed by atoms with Crippen molar-refractivity contribution in [1.29, 1.82) is 0 Å². The van der Waals surface area contributed by atoms with E-state index in [-0.39, 0.29) is 23.7 Å². The molecule has 4 rings (SSSR count). The van der Waals surface area contributed by atoms with Crippen LogP contribution in [0.1, 0.15) is 61.5 Å². The quantitative estimate of drug-likeness (QED) is 0.653. The van der Waals surface area contributed by atoms with E-state index in [0.29, 0.717) is 22.7 Å². The smallest absolute Gasteiger partial charge is 0.272 e. The van der Waals surface area contributed by atoms with Gasteiger partial charge in [-0.3, -0.25) is 4.79 Å². The lowest BCUT2D eigenvalue weighted by Crippen LogP contribution is -2.41. The number of nitrogens with zero attached hydrogens (tertiary/aromatic N) is 4. The molecule has 25 heavy (non-hydrogen) atoms. The number of aromatic nitrogens is 4. The Labute approximate surface area is 145 Å². The second-order valence-corrected chi connectivity index (χ2v) is 7.63. The Hall–Kier alpha value is -2.48. The number of ether oxygens (including phenoxy) is 1. The number of amides is 1. The number of nitrogens with one attached hydrogen (secondary N) is 1. The molecule has 2 atom stereocenters. The zero-order valence-electron chi connectivity index (χ0n) is 14.5. The molecule has 2 bridgehead atoms. The highest BCUT2D eigenvalue weighted by Crippen LogP contribution is 2.42. The van der Waals surface area contributed by atoms with Crippen molar-refractivity contribution in [3.8, 4) is 5.82 Å². The van der Waals surface area contributed by atoms with Crippen molar-refractivity contribution in [2.45, 2.75) is 57.8 Å². The molecule has 2 aromatic rings. The van der Waals surface area contributed by atoms with Gasteiger partial charge in [-0.15, -0.1) is 0 Å². The van der Waals surface area contributed by atoms with E-state index in [4.69, 9.17) is 4.74 Å². The average Bonchev–Trinajstić information content (AvgIpc) is 3.08. The molecule has 4 heterocycles. The molecule has 8 nitrogen and oxygen atoms in total. The first-order valence-corrected chi connectivity index (χ1v) is 8.47. The summed E-state index contributed by atoms with van der Waals surface area (Å²) in [5.41, 5.74) is 1.78. The molecule has 0 radical (unpaired) electrons. The van der Waals surface area contributed by atoms with Gasteiger partial charge in [0.15, 0.2) is 11.9 Å². The molecule has 1 saturated heterocycles. The molecule has 1 N–H and O–H groups in total. The monoisotopic (exact) mass is 343 g/mol. The van der Waals surface area contributed by atoms with Crippen molar-refractivity contribution < 1.29 is 14.3 Å². The van der Waals surface area contributed by atoms with Crippen molar-refractivity contribution in [2.75, 3.05) is 0 Å². The van der Waals surface area contributed by atoms with Crippen LogP contribution in [0.25, 0.3) is 5.82 Å². The Morgan fingerprint density at radius 2 is 2.24 bits per heavy atom. The molecule has 0 saturated carbocycles. The van der Waals surface area contributed by atoms with Gasteiger partial charge >= 0.3 is 0 Å². The molecular weight excluding hydrogens is 322 g/mol. The van der Waals surface area contributed by atoms with Crippen molar-refractivity contribution in [3.05, 3.63) is 40.7 Å². The maximum atomic E-state index is 12.8. The van der Waals surface area contributed by atoms with Crippen molar-refractivity contribution >= 4 is 5.91 Å². The van der Waals surface area contributed by atoms with Gasteiger partial charge in [-0.25, -0.2) is 9.67 Å². The molecule has 1 fully saturated rings. The number of fused-ring (bicyclic) bond motifs is 4. The fourth-order valence-corrected chi connectivity index (χ4v) is 3.51. The Morgan fingerprint density at radius 3 is 2.96 bits per heavy atom. The maximum Gasteiger partial charge on any atom is 0.272 e. The lowest BCUT2D eigenvalue weighted by atomic mass is 10.0. The van der Waals surface area contributed by atoms with Crippen LogP contribution in [0.3, 0.4) is 0 Å². The number of hydrogen-bond donors (Lipinski definition) is 1. The second kappa shape index (κ2) is 5.52. The van der Waals surface area contributed by atoms with Gasteiger partial charge in [0, 0.05) is 17.5 Å². The van der Waals surface area contributed by atoms with Crippen LogP contribution in [0.4, 0.5) is 0 Å². The molecule has 132 valence electrons. The third-order valence-electron chi connectivity index (χ3n) is 4.45. The van der Waals surface area contributed by atoms with Crippen molar-refractivity contribution in [2.24, 2.45) is 0 Å². The molecule has 1 amide bonds. The first kappa shape index (κ1) is 16.0. The maximum absolute atomic E-state index is 12.8. The van der Waals surface area contributed by atoms with Gasteiger partial charge in [-0.2, -0.15) is 9.83 Å². The van der Waals surface area contributed by atoms with Gasteiger partial charge in [0.25, 0.3) is 5.91 Å². The third-order valence-corrected chi connectivity index (χ3v) is 4.45. The highest BCUT2D eigenvalue weighted by atomic mass is 16.5. The first-order chi connectivity index (χ1) is 11.8. The molecule has 0 spiro atoms. The van der Waals surface area contributed by atoms with E-state index in [1.54, 1.807) is 4.68 Å². The zero-order valence-corrected chi connectivity index (χ0v) is 14.5. The summed E-state index contributed by atoms with van der Waals surface area (Å²) in [5, 5.41) is 19.1. The summed E-state index contributed by atoms with van der Waals surface area (Å²) in [4.78, 5) is 17.0. The van der Waals surface area contributed by atoms with Gasteiger partial charge in [0.2, 0.25) is 12.0 Å². The molecule has 2 aliphatic heterocycles. The fourth-order valence-electron chi connectivity index (χ4n) is 3.51. The Balaban J connectivity index is 1.84. The van der Waals surface area contributed by atoms with Gasteiger partial charge in [0.1, 0.15) is 6.10 Å². The largest absolute Gasteiger partial charge is 0.619 e. The molecule has 2 aliphatic rings. The van der Waals surface area contributed by atoms with Crippen LogP contribution in [0.2, 0.25) is 0 Å². The molecule has 0 aliphatic carbocycles. The van der Waals surface area contributed by atoms with Crippen LogP contribution in [0, 0.1) is 5.21 Å². The van der Waals surface area contributed by atoms with E-state index < -0.39 is 0 Å². The first-order valence-electron chi connectivity index (χ1n) is 8.47. The Morgan fingerprint density at radius 1 is 1.44 bits per heavy atom. The summed E-state index contributed by atoms with van der Waals surface area (Å²) in [5.74, 6) is 0.173. The lowest BCUT2D eigenvalue weighted by Gasteiger charge is -2.23. The third kappa shape index (κ3) is 2.86. The van der Waals surface area contributed by atoms with E-state index >= 15 is 0 Å². The standard InChI is InChI=1S/C17H21N5O3/c1-17(2,3)19-16(23)14-11-8-10-4-5-12(25-10)15(11)22(20-14)13-9-21(24)7-6-18-13/h6-7,9-10,12H,4-5,8H2,1-3H3,(H,19,23). The summed E-state index contributed by atoms with van der Waals surface area (Å²) in [7, 11) is 0. The molecule has 0 aromatic carbocycles.